The highest BCUT2D eigenvalue weighted by Crippen LogP contribution is 2.15. The van der Waals surface area contributed by atoms with Gasteiger partial charge in [0, 0.05) is 6.08 Å². The molecule has 0 aliphatic carbocycles. The zero-order chi connectivity index (χ0) is 15.8. The van der Waals surface area contributed by atoms with E-state index < -0.39 is 0 Å². The molecule has 114 valence electrons. The predicted molar refractivity (Wildman–Crippen MR) is 89.9 cm³/mol. The Hall–Kier alpha value is -2.55. The normalized spacial score (nSPS) is 10.6. The fourth-order valence-electron chi connectivity index (χ4n) is 2.15. The molecule has 0 aromatic heterocycles. The van der Waals surface area contributed by atoms with E-state index in [2.05, 4.69) is 11.4 Å². The van der Waals surface area contributed by atoms with Crippen LogP contribution in [0.4, 0.5) is 0 Å². The van der Waals surface area contributed by atoms with Crippen LogP contribution in [0, 0.1) is 13.8 Å². The van der Waals surface area contributed by atoms with Crippen molar-refractivity contribution in [3.05, 3.63) is 71.3 Å². The molecule has 0 heterocycles. The Morgan fingerprint density at radius 3 is 2.45 bits per heavy atom. The highest BCUT2D eigenvalue weighted by Gasteiger charge is 1.98. The molecule has 1 amide bonds. The molecule has 0 saturated heterocycles. The summed E-state index contributed by atoms with van der Waals surface area (Å²) in [4.78, 5) is 11.7. The number of rotatable bonds is 6. The third kappa shape index (κ3) is 5.44. The number of hydrogen-bond donors (Lipinski definition) is 1. The maximum atomic E-state index is 11.7. The maximum Gasteiger partial charge on any atom is 0.244 e. The molecule has 3 heteroatoms. The van der Waals surface area contributed by atoms with Crippen molar-refractivity contribution in [2.75, 3.05) is 13.2 Å². The summed E-state index contributed by atoms with van der Waals surface area (Å²) in [7, 11) is 0. The van der Waals surface area contributed by atoms with E-state index in [0.29, 0.717) is 13.2 Å². The van der Waals surface area contributed by atoms with Crippen molar-refractivity contribution in [2.24, 2.45) is 0 Å². The van der Waals surface area contributed by atoms with Crippen molar-refractivity contribution >= 4 is 12.0 Å². The number of amides is 1. The molecule has 0 saturated carbocycles. The molecule has 0 bridgehead atoms. The number of ether oxygens (including phenoxy) is 1. The lowest BCUT2D eigenvalue weighted by Crippen LogP contribution is -2.26. The lowest BCUT2D eigenvalue weighted by atomic mass is 10.1. The highest BCUT2D eigenvalue weighted by atomic mass is 16.5. The van der Waals surface area contributed by atoms with Gasteiger partial charge in [-0.25, -0.2) is 0 Å². The smallest absolute Gasteiger partial charge is 0.244 e. The number of benzene rings is 2. The minimum Gasteiger partial charge on any atom is -0.492 e. The van der Waals surface area contributed by atoms with E-state index in [1.54, 1.807) is 6.08 Å². The third-order valence-electron chi connectivity index (χ3n) is 3.09. The number of carbonyl (C=O) groups excluding carboxylic acids is 1. The Kier molecular flexibility index (Phi) is 5.78. The van der Waals surface area contributed by atoms with Crippen molar-refractivity contribution in [1.82, 2.24) is 5.32 Å². The summed E-state index contributed by atoms with van der Waals surface area (Å²) in [6.45, 7) is 5.00. The van der Waals surface area contributed by atoms with E-state index in [4.69, 9.17) is 4.74 Å². The van der Waals surface area contributed by atoms with Crippen LogP contribution in [-0.4, -0.2) is 19.1 Å². The van der Waals surface area contributed by atoms with E-state index in [1.165, 1.54) is 17.2 Å². The molecular formula is C19H21NO2. The van der Waals surface area contributed by atoms with E-state index in [-0.39, 0.29) is 5.91 Å². The van der Waals surface area contributed by atoms with Crippen LogP contribution in [0.5, 0.6) is 5.75 Å². The molecule has 1 N–H and O–H groups in total. The highest BCUT2D eigenvalue weighted by molar-refractivity contribution is 5.91. The SMILES string of the molecule is Cc1cc(C)cc(OCCNC(=O)/C=C/c2ccccc2)c1. The number of aryl methyl sites for hydroxylation is 2. The minimum atomic E-state index is -0.118. The largest absolute Gasteiger partial charge is 0.492 e. The van der Waals surface area contributed by atoms with Gasteiger partial charge in [-0.1, -0.05) is 36.4 Å². The molecule has 0 aliphatic rings. The minimum absolute atomic E-state index is 0.118. The summed E-state index contributed by atoms with van der Waals surface area (Å²) in [6, 6.07) is 15.8. The van der Waals surface area contributed by atoms with E-state index in [9.17, 15) is 4.79 Å². The molecule has 0 aliphatic heterocycles. The van der Waals surface area contributed by atoms with Gasteiger partial charge in [-0.15, -0.1) is 0 Å². The first-order valence-electron chi connectivity index (χ1n) is 7.35. The summed E-state index contributed by atoms with van der Waals surface area (Å²) >= 11 is 0. The van der Waals surface area contributed by atoms with Crippen molar-refractivity contribution in [2.45, 2.75) is 13.8 Å². The van der Waals surface area contributed by atoms with Crippen LogP contribution in [0.1, 0.15) is 16.7 Å². The zero-order valence-corrected chi connectivity index (χ0v) is 13.0. The van der Waals surface area contributed by atoms with Gasteiger partial charge >= 0.3 is 0 Å². The van der Waals surface area contributed by atoms with Crippen LogP contribution in [0.25, 0.3) is 6.08 Å². The second kappa shape index (κ2) is 8.03. The van der Waals surface area contributed by atoms with Gasteiger partial charge < -0.3 is 10.1 Å². The third-order valence-corrected chi connectivity index (χ3v) is 3.09. The van der Waals surface area contributed by atoms with E-state index >= 15 is 0 Å². The lowest BCUT2D eigenvalue weighted by Gasteiger charge is -2.08. The van der Waals surface area contributed by atoms with Gasteiger partial charge in [-0.05, 0) is 48.7 Å². The van der Waals surface area contributed by atoms with Crippen LogP contribution in [0.3, 0.4) is 0 Å². The summed E-state index contributed by atoms with van der Waals surface area (Å²) in [5.41, 5.74) is 3.35. The Bertz CT molecular complexity index is 627. The van der Waals surface area contributed by atoms with Crippen LogP contribution in [0.15, 0.2) is 54.6 Å². The van der Waals surface area contributed by atoms with Crippen molar-refractivity contribution in [3.63, 3.8) is 0 Å². The Morgan fingerprint density at radius 1 is 1.09 bits per heavy atom. The summed E-state index contributed by atoms with van der Waals surface area (Å²) in [6.07, 6.45) is 3.33. The van der Waals surface area contributed by atoms with Crippen LogP contribution >= 0.6 is 0 Å². The fraction of sp³-hybridized carbons (Fsp3) is 0.211. The molecule has 0 unspecified atom stereocenters. The van der Waals surface area contributed by atoms with Gasteiger partial charge in [0.1, 0.15) is 12.4 Å². The molecule has 0 fully saturated rings. The van der Waals surface area contributed by atoms with Crippen molar-refractivity contribution < 1.29 is 9.53 Å². The summed E-state index contributed by atoms with van der Waals surface area (Å²) < 4.78 is 5.64. The standard InChI is InChI=1S/C19H21NO2/c1-15-12-16(2)14-18(13-15)22-11-10-20-19(21)9-8-17-6-4-3-5-7-17/h3-9,12-14H,10-11H2,1-2H3,(H,20,21)/b9-8+. The van der Waals surface area contributed by atoms with Crippen molar-refractivity contribution in [1.29, 1.82) is 0 Å². The van der Waals surface area contributed by atoms with Crippen LogP contribution < -0.4 is 10.1 Å². The van der Waals surface area contributed by atoms with Gasteiger partial charge in [-0.2, -0.15) is 0 Å². The molecule has 0 radical (unpaired) electrons. The Balaban J connectivity index is 1.72. The average molecular weight is 295 g/mol. The number of nitrogens with one attached hydrogen (secondary N) is 1. The lowest BCUT2D eigenvalue weighted by molar-refractivity contribution is -0.116. The maximum absolute atomic E-state index is 11.7. The fourth-order valence-corrected chi connectivity index (χ4v) is 2.15. The van der Waals surface area contributed by atoms with E-state index in [1.807, 2.05) is 56.3 Å². The molecular weight excluding hydrogens is 274 g/mol. The quantitative estimate of drug-likeness (QED) is 0.654. The molecule has 0 spiro atoms. The number of carbonyl (C=O) groups is 1. The Morgan fingerprint density at radius 2 is 1.77 bits per heavy atom. The first kappa shape index (κ1) is 15.8. The monoisotopic (exact) mass is 295 g/mol. The van der Waals surface area contributed by atoms with Crippen LogP contribution in [-0.2, 0) is 4.79 Å². The van der Waals surface area contributed by atoms with Gasteiger partial charge in [-0.3, -0.25) is 4.79 Å². The number of hydrogen-bond acceptors (Lipinski definition) is 2. The molecule has 2 rings (SSSR count). The Labute approximate surface area is 131 Å². The molecule has 22 heavy (non-hydrogen) atoms. The summed E-state index contributed by atoms with van der Waals surface area (Å²) in [5.74, 6) is 0.722. The summed E-state index contributed by atoms with van der Waals surface area (Å²) in [5, 5.41) is 2.80. The first-order chi connectivity index (χ1) is 10.6. The second-order valence-corrected chi connectivity index (χ2v) is 5.21. The van der Waals surface area contributed by atoms with Gasteiger partial charge in [0.2, 0.25) is 5.91 Å². The van der Waals surface area contributed by atoms with Crippen molar-refractivity contribution in [3.8, 4) is 5.75 Å². The molecule has 2 aromatic rings. The second-order valence-electron chi connectivity index (χ2n) is 5.21. The topological polar surface area (TPSA) is 38.3 Å². The predicted octanol–water partition coefficient (Wildman–Crippen LogP) is 3.51. The molecule has 2 aromatic carbocycles. The van der Waals surface area contributed by atoms with Crippen LogP contribution in [0.2, 0.25) is 0 Å². The average Bonchev–Trinajstić information content (AvgIpc) is 2.50. The van der Waals surface area contributed by atoms with Gasteiger partial charge in [0.15, 0.2) is 0 Å². The van der Waals surface area contributed by atoms with E-state index in [0.717, 1.165) is 11.3 Å². The van der Waals surface area contributed by atoms with Gasteiger partial charge in [0.25, 0.3) is 0 Å². The zero-order valence-electron chi connectivity index (χ0n) is 13.0. The molecule has 3 nitrogen and oxygen atoms in total. The first-order valence-corrected chi connectivity index (χ1v) is 7.35. The molecule has 0 atom stereocenters. The van der Waals surface area contributed by atoms with Gasteiger partial charge in [0.05, 0.1) is 6.54 Å².